The van der Waals surface area contributed by atoms with E-state index in [2.05, 4.69) is 6.92 Å². The van der Waals surface area contributed by atoms with Gasteiger partial charge in [-0.25, -0.2) is 4.79 Å². The quantitative estimate of drug-likeness (QED) is 0.694. The Morgan fingerprint density at radius 3 is 2.13 bits per heavy atom. The first kappa shape index (κ1) is 14.4. The summed E-state index contributed by atoms with van der Waals surface area (Å²) in [4.78, 5) is 11.2. The Morgan fingerprint density at radius 1 is 1.27 bits per heavy atom. The van der Waals surface area contributed by atoms with Crippen LogP contribution in [0.2, 0.25) is 0 Å². The molecular weight excluding hydrogens is 192 g/mol. The standard InChI is InChI=1S/C12H24O3/c1-6-7-8-15-12(5,10(13)14)9-11(2,3)4/h6-9H2,1-5H3,(H,13,14). The molecule has 0 spiro atoms. The SMILES string of the molecule is CCCCOC(C)(CC(C)(C)C)C(=O)O. The van der Waals surface area contributed by atoms with Gasteiger partial charge in [-0.2, -0.15) is 0 Å². The lowest BCUT2D eigenvalue weighted by atomic mass is 9.82. The molecule has 90 valence electrons. The molecule has 3 nitrogen and oxygen atoms in total. The van der Waals surface area contributed by atoms with Crippen LogP contribution in [0.3, 0.4) is 0 Å². The van der Waals surface area contributed by atoms with Crippen molar-refractivity contribution < 1.29 is 14.6 Å². The Bertz CT molecular complexity index is 205. The summed E-state index contributed by atoms with van der Waals surface area (Å²) in [6, 6.07) is 0. The minimum absolute atomic E-state index is 0.0423. The van der Waals surface area contributed by atoms with E-state index in [9.17, 15) is 9.90 Å². The zero-order valence-corrected chi connectivity index (χ0v) is 10.6. The maximum Gasteiger partial charge on any atom is 0.335 e. The van der Waals surface area contributed by atoms with Gasteiger partial charge < -0.3 is 9.84 Å². The van der Waals surface area contributed by atoms with Crippen molar-refractivity contribution >= 4 is 5.97 Å². The van der Waals surface area contributed by atoms with E-state index in [1.807, 2.05) is 20.8 Å². The highest BCUT2D eigenvalue weighted by molar-refractivity contribution is 5.76. The van der Waals surface area contributed by atoms with Gasteiger partial charge in [-0.15, -0.1) is 0 Å². The third-order valence-electron chi connectivity index (χ3n) is 2.24. The molecule has 0 aliphatic heterocycles. The highest BCUT2D eigenvalue weighted by Crippen LogP contribution is 2.30. The third-order valence-corrected chi connectivity index (χ3v) is 2.24. The average molecular weight is 216 g/mol. The summed E-state index contributed by atoms with van der Waals surface area (Å²) in [5.41, 5.74) is -1.09. The van der Waals surface area contributed by atoms with E-state index >= 15 is 0 Å². The Balaban J connectivity index is 4.39. The van der Waals surface area contributed by atoms with Gasteiger partial charge in [0.2, 0.25) is 0 Å². The summed E-state index contributed by atoms with van der Waals surface area (Å²) < 4.78 is 5.51. The van der Waals surface area contributed by atoms with Crippen LogP contribution in [0.5, 0.6) is 0 Å². The monoisotopic (exact) mass is 216 g/mol. The zero-order valence-electron chi connectivity index (χ0n) is 10.6. The van der Waals surface area contributed by atoms with Gasteiger partial charge in [0.05, 0.1) is 0 Å². The number of ether oxygens (including phenoxy) is 1. The molecule has 1 unspecified atom stereocenters. The van der Waals surface area contributed by atoms with E-state index in [4.69, 9.17) is 4.74 Å². The fraction of sp³-hybridized carbons (Fsp3) is 0.917. The number of carboxylic acids is 1. The van der Waals surface area contributed by atoms with Crippen LogP contribution in [0.4, 0.5) is 0 Å². The number of hydrogen-bond acceptors (Lipinski definition) is 2. The van der Waals surface area contributed by atoms with Crippen LogP contribution in [0.1, 0.15) is 53.9 Å². The minimum atomic E-state index is -1.05. The second-order valence-electron chi connectivity index (χ2n) is 5.48. The first-order valence-electron chi connectivity index (χ1n) is 5.58. The van der Waals surface area contributed by atoms with Crippen LogP contribution in [-0.4, -0.2) is 23.3 Å². The van der Waals surface area contributed by atoms with Crippen LogP contribution in [-0.2, 0) is 9.53 Å². The smallest absolute Gasteiger partial charge is 0.335 e. The van der Waals surface area contributed by atoms with Crippen LogP contribution in [0.25, 0.3) is 0 Å². The van der Waals surface area contributed by atoms with E-state index in [-0.39, 0.29) is 5.41 Å². The summed E-state index contributed by atoms with van der Waals surface area (Å²) in [6.07, 6.45) is 2.46. The van der Waals surface area contributed by atoms with Crippen molar-refractivity contribution in [1.82, 2.24) is 0 Å². The molecule has 0 aromatic heterocycles. The molecular formula is C12H24O3. The Hall–Kier alpha value is -0.570. The molecule has 1 N–H and O–H groups in total. The molecule has 0 aromatic carbocycles. The van der Waals surface area contributed by atoms with Crippen molar-refractivity contribution in [3.05, 3.63) is 0 Å². The normalized spacial score (nSPS) is 16.1. The lowest BCUT2D eigenvalue weighted by Gasteiger charge is -2.32. The Labute approximate surface area is 92.8 Å². The molecule has 0 heterocycles. The fourth-order valence-corrected chi connectivity index (χ4v) is 1.64. The van der Waals surface area contributed by atoms with Crippen molar-refractivity contribution in [3.63, 3.8) is 0 Å². The summed E-state index contributed by atoms with van der Waals surface area (Å²) in [6.45, 7) is 10.3. The van der Waals surface area contributed by atoms with Gasteiger partial charge in [-0.3, -0.25) is 0 Å². The molecule has 0 bridgehead atoms. The van der Waals surface area contributed by atoms with Gasteiger partial charge in [0, 0.05) is 6.61 Å². The molecule has 0 fully saturated rings. The largest absolute Gasteiger partial charge is 0.479 e. The van der Waals surface area contributed by atoms with E-state index in [0.29, 0.717) is 13.0 Å². The van der Waals surface area contributed by atoms with Gasteiger partial charge in [0.25, 0.3) is 0 Å². The van der Waals surface area contributed by atoms with Crippen LogP contribution < -0.4 is 0 Å². The van der Waals surface area contributed by atoms with Gasteiger partial charge in [0.15, 0.2) is 5.60 Å². The van der Waals surface area contributed by atoms with Crippen LogP contribution in [0.15, 0.2) is 0 Å². The van der Waals surface area contributed by atoms with Gasteiger partial charge >= 0.3 is 5.97 Å². The maximum atomic E-state index is 11.2. The summed E-state index contributed by atoms with van der Waals surface area (Å²) in [5, 5.41) is 9.17. The molecule has 0 saturated carbocycles. The summed E-state index contributed by atoms with van der Waals surface area (Å²) >= 11 is 0. The van der Waals surface area contributed by atoms with Crippen molar-refractivity contribution in [1.29, 1.82) is 0 Å². The van der Waals surface area contributed by atoms with Gasteiger partial charge in [-0.1, -0.05) is 34.1 Å². The molecule has 0 rings (SSSR count). The highest BCUT2D eigenvalue weighted by Gasteiger charge is 2.37. The van der Waals surface area contributed by atoms with Gasteiger partial charge in [0.1, 0.15) is 0 Å². The van der Waals surface area contributed by atoms with Gasteiger partial charge in [-0.05, 0) is 25.2 Å². The second-order valence-corrected chi connectivity index (χ2v) is 5.48. The topological polar surface area (TPSA) is 46.5 Å². The van der Waals surface area contributed by atoms with E-state index in [1.54, 1.807) is 6.92 Å². The van der Waals surface area contributed by atoms with E-state index < -0.39 is 11.6 Å². The van der Waals surface area contributed by atoms with Crippen LogP contribution in [0, 0.1) is 5.41 Å². The van der Waals surface area contributed by atoms with Crippen molar-refractivity contribution in [3.8, 4) is 0 Å². The number of carbonyl (C=O) groups is 1. The maximum absolute atomic E-state index is 11.2. The number of hydrogen-bond donors (Lipinski definition) is 1. The molecule has 0 amide bonds. The minimum Gasteiger partial charge on any atom is -0.479 e. The molecule has 0 aliphatic rings. The third kappa shape index (κ3) is 5.78. The summed E-state index contributed by atoms with van der Waals surface area (Å²) in [7, 11) is 0. The molecule has 0 radical (unpaired) electrons. The van der Waals surface area contributed by atoms with Crippen molar-refractivity contribution in [2.24, 2.45) is 5.41 Å². The fourth-order valence-electron chi connectivity index (χ4n) is 1.64. The Morgan fingerprint density at radius 2 is 1.80 bits per heavy atom. The first-order chi connectivity index (χ1) is 6.71. The second kappa shape index (κ2) is 5.50. The molecule has 0 aliphatic carbocycles. The molecule has 3 heteroatoms. The highest BCUT2D eigenvalue weighted by atomic mass is 16.5. The molecule has 0 aromatic rings. The summed E-state index contributed by atoms with van der Waals surface area (Å²) in [5.74, 6) is -0.867. The van der Waals surface area contributed by atoms with Crippen molar-refractivity contribution in [2.75, 3.05) is 6.61 Å². The number of rotatable bonds is 6. The lowest BCUT2D eigenvalue weighted by molar-refractivity contribution is -0.167. The van der Waals surface area contributed by atoms with Crippen LogP contribution >= 0.6 is 0 Å². The number of aliphatic carboxylic acids is 1. The average Bonchev–Trinajstić information content (AvgIpc) is 2.01. The zero-order chi connectivity index (χ0) is 12.1. The lowest BCUT2D eigenvalue weighted by Crippen LogP contribution is -2.42. The van der Waals surface area contributed by atoms with Crippen molar-refractivity contribution in [2.45, 2.75) is 59.5 Å². The number of carboxylic acid groups (broad SMARTS) is 1. The first-order valence-corrected chi connectivity index (χ1v) is 5.58. The molecule has 15 heavy (non-hydrogen) atoms. The number of unbranched alkanes of at least 4 members (excludes halogenated alkanes) is 1. The predicted octanol–water partition coefficient (Wildman–Crippen LogP) is 3.08. The molecule has 0 saturated heterocycles. The van der Waals surface area contributed by atoms with E-state index in [0.717, 1.165) is 12.8 Å². The molecule has 1 atom stereocenters. The predicted molar refractivity (Wildman–Crippen MR) is 61.0 cm³/mol. The Kier molecular flexibility index (Phi) is 5.29. The van der Waals surface area contributed by atoms with E-state index in [1.165, 1.54) is 0 Å².